The first-order chi connectivity index (χ1) is 11.5. The van der Waals surface area contributed by atoms with E-state index in [-0.39, 0.29) is 30.6 Å². The molecular weight excluding hydrogens is 312 g/mol. The molecule has 0 saturated heterocycles. The number of carbonyl (C=O) groups excluding carboxylic acids is 3. The fourth-order valence-electron chi connectivity index (χ4n) is 1.86. The molecular formula is C16H30N4O4. The lowest BCUT2D eigenvalue weighted by Crippen LogP contribution is -2.29. The third-order valence-corrected chi connectivity index (χ3v) is 3.25. The van der Waals surface area contributed by atoms with E-state index in [4.69, 9.17) is 10.9 Å². The number of unbranched alkanes of at least 4 members (excludes halogenated alkanes) is 2. The van der Waals surface area contributed by atoms with Crippen LogP contribution < -0.4 is 16.4 Å². The van der Waals surface area contributed by atoms with Gasteiger partial charge in [0.2, 0.25) is 17.7 Å². The van der Waals surface area contributed by atoms with Crippen molar-refractivity contribution in [3.8, 4) is 0 Å². The smallest absolute Gasteiger partial charge is 0.242 e. The second-order valence-electron chi connectivity index (χ2n) is 5.40. The van der Waals surface area contributed by atoms with E-state index in [1.54, 1.807) is 0 Å². The summed E-state index contributed by atoms with van der Waals surface area (Å²) < 4.78 is 0. The van der Waals surface area contributed by atoms with E-state index in [1.807, 2.05) is 12.2 Å². The van der Waals surface area contributed by atoms with Crippen LogP contribution in [0.1, 0.15) is 45.4 Å². The molecule has 5 N–H and O–H groups in total. The second-order valence-corrected chi connectivity index (χ2v) is 5.40. The van der Waals surface area contributed by atoms with E-state index >= 15 is 0 Å². The van der Waals surface area contributed by atoms with Crippen molar-refractivity contribution in [2.24, 2.45) is 5.73 Å². The highest BCUT2D eigenvalue weighted by atomic mass is 16.5. The van der Waals surface area contributed by atoms with E-state index in [0.717, 1.165) is 19.3 Å². The van der Waals surface area contributed by atoms with Crippen LogP contribution in [0.15, 0.2) is 12.2 Å². The van der Waals surface area contributed by atoms with Gasteiger partial charge in [0.05, 0.1) is 0 Å². The standard InChI is InChI=1S/C16H30N4O4/c1-14(21)20(24)13-7-3-6-12-19-16(23)9-8-15(22)18-11-5-2-4-10-17/h2,4,24H,3,5-13,17H2,1H3,(H,18,22)(H,19,23)/b4-2+. The lowest BCUT2D eigenvalue weighted by atomic mass is 10.2. The Hall–Kier alpha value is -1.93. The maximum atomic E-state index is 11.6. The summed E-state index contributed by atoms with van der Waals surface area (Å²) in [4.78, 5) is 33.9. The van der Waals surface area contributed by atoms with Gasteiger partial charge in [-0.05, 0) is 25.7 Å². The molecule has 0 aromatic carbocycles. The Labute approximate surface area is 143 Å². The lowest BCUT2D eigenvalue weighted by molar-refractivity contribution is -0.162. The monoisotopic (exact) mass is 342 g/mol. The molecule has 0 radical (unpaired) electrons. The van der Waals surface area contributed by atoms with E-state index in [9.17, 15) is 14.4 Å². The Morgan fingerprint density at radius 1 is 1.00 bits per heavy atom. The zero-order valence-electron chi connectivity index (χ0n) is 14.4. The van der Waals surface area contributed by atoms with Crippen molar-refractivity contribution in [3.05, 3.63) is 12.2 Å². The van der Waals surface area contributed by atoms with Gasteiger partial charge < -0.3 is 16.4 Å². The first-order valence-electron chi connectivity index (χ1n) is 8.32. The highest BCUT2D eigenvalue weighted by Gasteiger charge is 2.06. The molecule has 8 nitrogen and oxygen atoms in total. The number of amides is 3. The molecule has 0 heterocycles. The maximum absolute atomic E-state index is 11.6. The minimum atomic E-state index is -0.378. The van der Waals surface area contributed by atoms with Gasteiger partial charge in [-0.15, -0.1) is 0 Å². The van der Waals surface area contributed by atoms with Gasteiger partial charge in [0, 0.05) is 45.9 Å². The number of nitrogens with two attached hydrogens (primary N) is 1. The minimum absolute atomic E-state index is 0.140. The summed E-state index contributed by atoms with van der Waals surface area (Å²) in [6.45, 7) is 3.15. The van der Waals surface area contributed by atoms with E-state index in [2.05, 4.69) is 10.6 Å². The van der Waals surface area contributed by atoms with E-state index < -0.39 is 0 Å². The number of hydroxylamine groups is 2. The van der Waals surface area contributed by atoms with Crippen molar-refractivity contribution in [1.29, 1.82) is 0 Å². The summed E-state index contributed by atoms with van der Waals surface area (Å²) in [6.07, 6.45) is 7.02. The van der Waals surface area contributed by atoms with Crippen LogP contribution in [0.3, 0.4) is 0 Å². The molecule has 0 fully saturated rings. The number of hydrogen-bond acceptors (Lipinski definition) is 5. The first-order valence-corrected chi connectivity index (χ1v) is 8.32. The van der Waals surface area contributed by atoms with Gasteiger partial charge in [-0.2, -0.15) is 0 Å². The molecule has 8 heteroatoms. The quantitative estimate of drug-likeness (QED) is 0.166. The molecule has 138 valence electrons. The summed E-state index contributed by atoms with van der Waals surface area (Å²) in [5, 5.41) is 15.3. The summed E-state index contributed by atoms with van der Waals surface area (Å²) in [5.74, 6) is -0.670. The Morgan fingerprint density at radius 3 is 2.21 bits per heavy atom. The molecule has 0 aliphatic carbocycles. The minimum Gasteiger partial charge on any atom is -0.356 e. The molecule has 0 bridgehead atoms. The summed E-state index contributed by atoms with van der Waals surface area (Å²) in [6, 6.07) is 0. The van der Waals surface area contributed by atoms with Gasteiger partial charge in [-0.25, -0.2) is 5.06 Å². The molecule has 0 saturated carbocycles. The lowest BCUT2D eigenvalue weighted by Gasteiger charge is -2.11. The zero-order valence-corrected chi connectivity index (χ0v) is 14.4. The van der Waals surface area contributed by atoms with Crippen molar-refractivity contribution in [2.75, 3.05) is 26.2 Å². The van der Waals surface area contributed by atoms with Crippen molar-refractivity contribution in [2.45, 2.75) is 45.4 Å². The third kappa shape index (κ3) is 13.7. The zero-order chi connectivity index (χ0) is 18.2. The van der Waals surface area contributed by atoms with E-state index in [0.29, 0.717) is 37.7 Å². The van der Waals surface area contributed by atoms with Crippen LogP contribution in [0.5, 0.6) is 0 Å². The van der Waals surface area contributed by atoms with Gasteiger partial charge in [0.1, 0.15) is 0 Å². The normalized spacial score (nSPS) is 10.6. The van der Waals surface area contributed by atoms with Crippen molar-refractivity contribution < 1.29 is 19.6 Å². The van der Waals surface area contributed by atoms with Crippen LogP contribution in [0.25, 0.3) is 0 Å². The molecule has 0 aromatic rings. The summed E-state index contributed by atoms with van der Waals surface area (Å²) in [5.41, 5.74) is 5.30. The molecule has 0 aliphatic heterocycles. The topological polar surface area (TPSA) is 125 Å². The van der Waals surface area contributed by atoms with Crippen LogP contribution in [0.2, 0.25) is 0 Å². The molecule has 24 heavy (non-hydrogen) atoms. The van der Waals surface area contributed by atoms with Crippen LogP contribution in [0, 0.1) is 0 Å². The predicted octanol–water partition coefficient (Wildman–Crippen LogP) is 0.312. The van der Waals surface area contributed by atoms with Crippen LogP contribution >= 0.6 is 0 Å². The van der Waals surface area contributed by atoms with Crippen LogP contribution in [-0.4, -0.2) is 54.2 Å². The van der Waals surface area contributed by atoms with Gasteiger partial charge >= 0.3 is 0 Å². The fraction of sp³-hybridized carbons (Fsp3) is 0.688. The molecule has 0 atom stereocenters. The highest BCUT2D eigenvalue weighted by molar-refractivity contribution is 5.83. The van der Waals surface area contributed by atoms with E-state index in [1.165, 1.54) is 6.92 Å². The number of rotatable bonds is 13. The van der Waals surface area contributed by atoms with Gasteiger partial charge in [0.15, 0.2) is 0 Å². The second kappa shape index (κ2) is 14.6. The number of nitrogens with one attached hydrogen (secondary N) is 2. The van der Waals surface area contributed by atoms with Gasteiger partial charge in [-0.1, -0.05) is 12.2 Å². The average Bonchev–Trinajstić information content (AvgIpc) is 2.55. The van der Waals surface area contributed by atoms with Gasteiger partial charge in [0.25, 0.3) is 0 Å². The third-order valence-electron chi connectivity index (χ3n) is 3.25. The summed E-state index contributed by atoms with van der Waals surface area (Å²) >= 11 is 0. The predicted molar refractivity (Wildman–Crippen MR) is 91.1 cm³/mol. The van der Waals surface area contributed by atoms with Crippen LogP contribution in [-0.2, 0) is 14.4 Å². The Morgan fingerprint density at radius 2 is 1.62 bits per heavy atom. The Balaban J connectivity index is 3.51. The Bertz CT molecular complexity index is 413. The number of carbonyl (C=O) groups is 3. The van der Waals surface area contributed by atoms with Gasteiger partial charge in [-0.3, -0.25) is 19.6 Å². The molecule has 0 unspecified atom stereocenters. The van der Waals surface area contributed by atoms with Crippen molar-refractivity contribution >= 4 is 17.7 Å². The van der Waals surface area contributed by atoms with Crippen LogP contribution in [0.4, 0.5) is 0 Å². The SMILES string of the molecule is CC(=O)N(O)CCCCCNC(=O)CCC(=O)NCC/C=C/CN. The molecule has 0 rings (SSSR count). The largest absolute Gasteiger partial charge is 0.356 e. The number of nitrogens with zero attached hydrogens (tertiary/aromatic N) is 1. The molecule has 3 amide bonds. The maximum Gasteiger partial charge on any atom is 0.242 e. The first kappa shape index (κ1) is 22.1. The molecule has 0 aromatic heterocycles. The van der Waals surface area contributed by atoms with Crippen molar-refractivity contribution in [3.63, 3.8) is 0 Å². The molecule has 0 aliphatic rings. The number of hydrogen-bond donors (Lipinski definition) is 4. The summed E-state index contributed by atoms with van der Waals surface area (Å²) in [7, 11) is 0. The average molecular weight is 342 g/mol. The highest BCUT2D eigenvalue weighted by Crippen LogP contribution is 1.97. The Kier molecular flexibility index (Phi) is 13.5. The van der Waals surface area contributed by atoms with Crippen molar-refractivity contribution in [1.82, 2.24) is 15.7 Å². The molecule has 0 spiro atoms. The fourth-order valence-corrected chi connectivity index (χ4v) is 1.86.